The van der Waals surface area contributed by atoms with Crippen LogP contribution >= 0.6 is 0 Å². The molecule has 223 valence electrons. The second kappa shape index (κ2) is 16.1. The van der Waals surface area contributed by atoms with Crippen LogP contribution in [0.5, 0.6) is 0 Å². The predicted molar refractivity (Wildman–Crippen MR) is 176 cm³/mol. The number of nitrogens with zero attached hydrogens (tertiary/aromatic N) is 1. The summed E-state index contributed by atoms with van der Waals surface area (Å²) >= 11 is 0. The maximum absolute atomic E-state index is 11.2. The molecule has 0 aliphatic carbocycles. The summed E-state index contributed by atoms with van der Waals surface area (Å²) in [5, 5.41) is 10.5. The van der Waals surface area contributed by atoms with Crippen LogP contribution in [-0.4, -0.2) is 15.9 Å². The van der Waals surface area contributed by atoms with Gasteiger partial charge in [0.25, 0.3) is 0 Å². The molecule has 0 saturated heterocycles. The minimum atomic E-state index is 0. The molecule has 3 nitrogen and oxygen atoms in total. The van der Waals surface area contributed by atoms with Gasteiger partial charge in [-0.2, -0.15) is 0 Å². The largest absolute Gasteiger partial charge is 0.512 e. The van der Waals surface area contributed by atoms with Gasteiger partial charge in [-0.25, -0.2) is 0 Å². The molecule has 1 aromatic heterocycles. The maximum atomic E-state index is 11.2. The van der Waals surface area contributed by atoms with Gasteiger partial charge in [-0.1, -0.05) is 112 Å². The van der Waals surface area contributed by atoms with Gasteiger partial charge in [0.15, 0.2) is 5.78 Å². The first kappa shape index (κ1) is 33.6. The van der Waals surface area contributed by atoms with Crippen molar-refractivity contribution in [1.29, 1.82) is 0 Å². The second-order valence-electron chi connectivity index (χ2n) is 11.6. The van der Waals surface area contributed by atoms with Crippen molar-refractivity contribution < 1.29 is 30.0 Å². The Bertz CT molecular complexity index is 1650. The van der Waals surface area contributed by atoms with Crippen LogP contribution in [0.4, 0.5) is 0 Å². The quantitative estimate of drug-likeness (QED) is 0.0977. The molecule has 5 rings (SSSR count). The number of fused-ring (bicyclic) bond motifs is 1. The number of benzene rings is 4. The Hall–Kier alpha value is -3.85. The number of carbonyl (C=O) groups excluding carboxylic acids is 1. The number of allylic oxidation sites excluding steroid dienone is 2. The monoisotopic (exact) mass is 747 g/mol. The Morgan fingerprint density at radius 3 is 2.12 bits per heavy atom. The Balaban J connectivity index is 0.000000310. The molecule has 4 aromatic carbocycles. The molecule has 0 amide bonds. The molecule has 43 heavy (non-hydrogen) atoms. The molecule has 0 fully saturated rings. The summed E-state index contributed by atoms with van der Waals surface area (Å²) in [6.45, 7) is 10.1. The topological polar surface area (TPSA) is 50.2 Å². The van der Waals surface area contributed by atoms with E-state index in [4.69, 9.17) is 4.98 Å². The van der Waals surface area contributed by atoms with E-state index in [1.807, 2.05) is 45.9 Å². The molecule has 0 bridgehead atoms. The Morgan fingerprint density at radius 1 is 0.791 bits per heavy atom. The fraction of sp³-hybridized carbons (Fsp3) is 0.231. The van der Waals surface area contributed by atoms with E-state index in [1.54, 1.807) is 0 Å². The number of hydrogen-bond donors (Lipinski definition) is 1. The summed E-state index contributed by atoms with van der Waals surface area (Å²) in [7, 11) is 0. The first-order valence-electron chi connectivity index (χ1n) is 14.7. The molecular weight excluding hydrogens is 707 g/mol. The summed E-state index contributed by atoms with van der Waals surface area (Å²) in [5.41, 5.74) is 8.98. The van der Waals surface area contributed by atoms with Crippen molar-refractivity contribution in [2.75, 3.05) is 0 Å². The zero-order valence-electron chi connectivity index (χ0n) is 25.6. The number of aromatic nitrogens is 1. The number of rotatable bonds is 8. The van der Waals surface area contributed by atoms with Gasteiger partial charge in [0, 0.05) is 44.4 Å². The molecule has 0 saturated carbocycles. The first-order chi connectivity index (χ1) is 20.2. The Kier molecular flexibility index (Phi) is 12.6. The van der Waals surface area contributed by atoms with Crippen molar-refractivity contribution in [3.05, 3.63) is 127 Å². The van der Waals surface area contributed by atoms with Crippen molar-refractivity contribution in [1.82, 2.24) is 4.98 Å². The SMILES string of the molecule is CC(C)CC(=O)/C=C(\O)CC(C)C.Cc1ccc(-c2cc(-c3[c-]ccc(-c4ccccc4)c3)nc3ccccc23)cc1.[Ir]. The van der Waals surface area contributed by atoms with Crippen molar-refractivity contribution in [2.24, 2.45) is 11.8 Å². The predicted octanol–water partition coefficient (Wildman–Crippen LogP) is 10.4. The Labute approximate surface area is 270 Å². The normalized spacial score (nSPS) is 11.2. The zero-order chi connectivity index (χ0) is 30.1. The van der Waals surface area contributed by atoms with E-state index in [9.17, 15) is 9.90 Å². The van der Waals surface area contributed by atoms with E-state index < -0.39 is 0 Å². The summed E-state index contributed by atoms with van der Waals surface area (Å²) < 4.78 is 0. The fourth-order valence-corrected chi connectivity index (χ4v) is 4.83. The van der Waals surface area contributed by atoms with Gasteiger partial charge in [0.1, 0.15) is 0 Å². The zero-order valence-corrected chi connectivity index (χ0v) is 28.0. The number of aliphatic hydroxyl groups excluding tert-OH is 1. The van der Waals surface area contributed by atoms with Crippen LogP contribution in [0.15, 0.2) is 115 Å². The van der Waals surface area contributed by atoms with Crippen molar-refractivity contribution in [2.45, 2.75) is 47.5 Å². The molecule has 0 atom stereocenters. The van der Waals surface area contributed by atoms with Gasteiger partial charge < -0.3 is 5.11 Å². The van der Waals surface area contributed by atoms with Crippen LogP contribution in [0, 0.1) is 24.8 Å². The molecule has 1 heterocycles. The molecule has 0 aliphatic rings. The average Bonchev–Trinajstić information content (AvgIpc) is 2.97. The molecular formula is C39H40IrNO2-. The first-order valence-corrected chi connectivity index (χ1v) is 14.7. The van der Waals surface area contributed by atoms with Crippen molar-refractivity contribution in [3.8, 4) is 33.5 Å². The van der Waals surface area contributed by atoms with Crippen LogP contribution in [0.25, 0.3) is 44.4 Å². The van der Waals surface area contributed by atoms with Crippen LogP contribution in [0.1, 0.15) is 46.1 Å². The van der Waals surface area contributed by atoms with Crippen LogP contribution in [0.3, 0.4) is 0 Å². The molecule has 0 unspecified atom stereocenters. The molecule has 1 radical (unpaired) electrons. The van der Waals surface area contributed by atoms with E-state index in [2.05, 4.69) is 97.9 Å². The molecule has 0 aliphatic heterocycles. The van der Waals surface area contributed by atoms with Crippen molar-refractivity contribution >= 4 is 16.7 Å². The number of pyridine rings is 1. The van der Waals surface area contributed by atoms with Crippen LogP contribution in [0.2, 0.25) is 0 Å². The third-order valence-electron chi connectivity index (χ3n) is 6.82. The van der Waals surface area contributed by atoms with Gasteiger partial charge >= 0.3 is 0 Å². The van der Waals surface area contributed by atoms with Gasteiger partial charge in [0.2, 0.25) is 0 Å². The minimum absolute atomic E-state index is 0. The summed E-state index contributed by atoms with van der Waals surface area (Å²) in [5.74, 6) is 0.979. The van der Waals surface area contributed by atoms with Gasteiger partial charge in [-0.15, -0.1) is 35.4 Å². The van der Waals surface area contributed by atoms with Gasteiger partial charge in [-0.05, 0) is 47.2 Å². The third kappa shape index (κ3) is 9.85. The number of aryl methyl sites for hydroxylation is 1. The molecule has 5 aromatic rings. The molecule has 4 heteroatoms. The second-order valence-corrected chi connectivity index (χ2v) is 11.6. The maximum Gasteiger partial charge on any atom is 0.159 e. The standard InChI is InChI=1S/C28H20N.C11H20O2.Ir/c1-20-14-16-22(17-15-20)26-19-28(29-27-13-6-5-12-25(26)27)24-11-7-10-23(18-24)21-8-3-2-4-9-21;1-8(2)5-10(12)7-11(13)6-9(3)4;/h2-10,12-19H,1H3;7-9,12H,5-6H2,1-4H3;/q-1;;/b;10-7-;. The molecule has 0 spiro atoms. The van der Waals surface area contributed by atoms with E-state index in [0.717, 1.165) is 16.8 Å². The average molecular weight is 747 g/mol. The molecule has 1 N–H and O–H groups in total. The smallest absolute Gasteiger partial charge is 0.159 e. The number of para-hydroxylation sites is 1. The van der Waals surface area contributed by atoms with Gasteiger partial charge in [0.05, 0.1) is 11.3 Å². The summed E-state index contributed by atoms with van der Waals surface area (Å²) in [6, 6.07) is 39.3. The van der Waals surface area contributed by atoms with E-state index in [-0.39, 0.29) is 31.6 Å². The number of carbonyl (C=O) groups is 1. The summed E-state index contributed by atoms with van der Waals surface area (Å²) in [6.07, 6.45) is 2.46. The third-order valence-corrected chi connectivity index (χ3v) is 6.82. The van der Waals surface area contributed by atoms with Gasteiger partial charge in [-0.3, -0.25) is 9.78 Å². The van der Waals surface area contributed by atoms with E-state index in [0.29, 0.717) is 24.7 Å². The van der Waals surface area contributed by atoms with Crippen LogP contribution < -0.4 is 0 Å². The van der Waals surface area contributed by atoms with E-state index in [1.165, 1.54) is 39.3 Å². The van der Waals surface area contributed by atoms with Crippen LogP contribution in [-0.2, 0) is 24.9 Å². The number of hydrogen-bond acceptors (Lipinski definition) is 3. The summed E-state index contributed by atoms with van der Waals surface area (Å²) in [4.78, 5) is 16.2. The van der Waals surface area contributed by atoms with Crippen molar-refractivity contribution in [3.63, 3.8) is 0 Å². The van der Waals surface area contributed by atoms with E-state index >= 15 is 0 Å². The fourth-order valence-electron chi connectivity index (χ4n) is 4.83. The number of aliphatic hydroxyl groups is 1. The number of ketones is 1. The minimum Gasteiger partial charge on any atom is -0.512 e. The Morgan fingerprint density at radius 2 is 1.44 bits per heavy atom.